The normalized spacial score (nSPS) is 12.9. The van der Waals surface area contributed by atoms with Crippen LogP contribution >= 0.6 is 0 Å². The lowest BCUT2D eigenvalue weighted by atomic mass is 9.66. The quantitative estimate of drug-likeness (QED) is 0.171. The van der Waals surface area contributed by atoms with E-state index < -0.39 is 5.41 Å². The highest BCUT2D eigenvalue weighted by atomic mass is 16.5. The van der Waals surface area contributed by atoms with Crippen LogP contribution in [0.3, 0.4) is 0 Å². The Balaban J connectivity index is 1.02. The third-order valence-electron chi connectivity index (χ3n) is 17.7. The van der Waals surface area contributed by atoms with Gasteiger partial charge in [0, 0.05) is 71.5 Å². The van der Waals surface area contributed by atoms with Gasteiger partial charge in [-0.1, -0.05) is 97.1 Å². The van der Waals surface area contributed by atoms with E-state index in [-0.39, 0.29) is 0 Å². The average molecular weight is 1070 g/mol. The van der Waals surface area contributed by atoms with Gasteiger partial charge in [0.1, 0.15) is 0 Å². The zero-order chi connectivity index (χ0) is 55.5. The summed E-state index contributed by atoms with van der Waals surface area (Å²) in [5, 5.41) is 38.7. The van der Waals surface area contributed by atoms with Crippen molar-refractivity contribution in [2.75, 3.05) is 0 Å². The molecule has 2 aliphatic rings. The number of benzene rings is 9. The predicted octanol–water partition coefficient (Wildman–Crippen LogP) is 16.3. The van der Waals surface area contributed by atoms with E-state index in [1.165, 1.54) is 0 Å². The van der Waals surface area contributed by atoms with E-state index in [0.717, 1.165) is 144 Å². The van der Waals surface area contributed by atoms with Crippen LogP contribution in [0.2, 0.25) is 0 Å². The summed E-state index contributed by atoms with van der Waals surface area (Å²) in [5.74, 6) is 1.27. The van der Waals surface area contributed by atoms with Gasteiger partial charge in [0.2, 0.25) is 0 Å². The van der Waals surface area contributed by atoms with Crippen LogP contribution in [0.15, 0.2) is 231 Å². The molecule has 0 N–H and O–H groups in total. The van der Waals surface area contributed by atoms with Crippen molar-refractivity contribution in [3.63, 3.8) is 0 Å². The van der Waals surface area contributed by atoms with Gasteiger partial charge in [-0.2, -0.15) is 15.8 Å². The van der Waals surface area contributed by atoms with E-state index in [1.54, 1.807) is 0 Å². The fourth-order valence-electron chi connectivity index (χ4n) is 14.3. The van der Waals surface area contributed by atoms with Crippen molar-refractivity contribution < 1.29 is 4.74 Å². The van der Waals surface area contributed by atoms with Gasteiger partial charge in [0.25, 0.3) is 0 Å². The third-order valence-corrected chi connectivity index (χ3v) is 17.7. The van der Waals surface area contributed by atoms with Gasteiger partial charge in [0.15, 0.2) is 11.5 Å². The highest BCUT2D eigenvalue weighted by Crippen LogP contribution is 2.64. The monoisotopic (exact) mass is 1070 g/mol. The molecule has 1 spiro atoms. The predicted molar refractivity (Wildman–Crippen MR) is 329 cm³/mol. The topological polar surface area (TPSA) is 139 Å². The Bertz CT molecular complexity index is 5560. The highest BCUT2D eigenvalue weighted by Gasteiger charge is 2.54. The molecule has 11 heteroatoms. The standard InChI is InChI=1S/C73H38N10O/c74-36-42-23-26-63-52(31-42)48-12-2-6-18-60(48)80(63)45-34-57-69(78-39-45)70-58(35-46(40-79-70)81-59-17-5-1-11-47(59)51-29-30-77-41-68(51)81)73(57)55-15-9-21-66(82-61-19-7-3-13-49(61)53-32-43(37-75)24-27-64(53)82)71(55)84-72-56(73)16-10-22-67(72)83-62-20-8-4-14-50(62)54-33-44(38-76)25-28-65(54)83/h1-35,39-41H. The summed E-state index contributed by atoms with van der Waals surface area (Å²) in [4.78, 5) is 15.8. The Kier molecular flexibility index (Phi) is 9.11. The highest BCUT2D eigenvalue weighted by molar-refractivity contribution is 6.13. The minimum absolute atomic E-state index is 0.570. The first-order valence-corrected chi connectivity index (χ1v) is 27.6. The molecule has 1 aliphatic heterocycles. The van der Waals surface area contributed by atoms with Crippen LogP contribution in [0.1, 0.15) is 38.9 Å². The van der Waals surface area contributed by atoms with Gasteiger partial charge in [0.05, 0.1) is 137 Å². The number of para-hydroxylation sites is 6. The fourth-order valence-corrected chi connectivity index (χ4v) is 14.3. The van der Waals surface area contributed by atoms with E-state index in [2.05, 4.69) is 175 Å². The zero-order valence-electron chi connectivity index (χ0n) is 44.3. The molecule has 0 amide bonds. The Hall–Kier alpha value is -12.1. The molecule has 0 fully saturated rings. The van der Waals surface area contributed by atoms with Crippen LogP contribution in [-0.2, 0) is 5.41 Å². The van der Waals surface area contributed by atoms with Crippen molar-refractivity contribution >= 4 is 87.2 Å². The first-order valence-electron chi connectivity index (χ1n) is 27.6. The summed E-state index contributed by atoms with van der Waals surface area (Å²) in [5.41, 5.74) is 16.5. The second kappa shape index (κ2) is 16.7. The third kappa shape index (κ3) is 5.86. The van der Waals surface area contributed by atoms with E-state index >= 15 is 0 Å². The molecule has 0 atom stereocenters. The van der Waals surface area contributed by atoms with Gasteiger partial charge < -0.3 is 23.0 Å². The molecule has 0 saturated carbocycles. The van der Waals surface area contributed by atoms with E-state index in [0.29, 0.717) is 28.2 Å². The molecule has 0 unspecified atom stereocenters. The van der Waals surface area contributed by atoms with Crippen molar-refractivity contribution in [1.82, 2.24) is 33.2 Å². The van der Waals surface area contributed by atoms with E-state index in [9.17, 15) is 15.8 Å². The van der Waals surface area contributed by atoms with Gasteiger partial charge in [-0.15, -0.1) is 0 Å². The van der Waals surface area contributed by atoms with Crippen LogP contribution in [0.5, 0.6) is 11.5 Å². The second-order valence-corrected chi connectivity index (χ2v) is 21.7. The first kappa shape index (κ1) is 45.7. The van der Waals surface area contributed by atoms with Gasteiger partial charge in [-0.25, -0.2) is 0 Å². The lowest BCUT2D eigenvalue weighted by molar-refractivity contribution is 0.433. The molecule has 386 valence electrons. The molecule has 7 aromatic heterocycles. The molecule has 11 nitrogen and oxygen atoms in total. The van der Waals surface area contributed by atoms with Crippen LogP contribution in [-0.4, -0.2) is 33.2 Å². The molecule has 9 aromatic carbocycles. The summed E-state index contributed by atoms with van der Waals surface area (Å²) in [6.45, 7) is 0. The SMILES string of the molecule is N#Cc1ccc2c(c1)c1ccccc1n2-c1cnc2c(c1)C1(c3cc(-n4c5ccccc5c5ccncc54)cnc3-2)c2cccc(-n3c4ccccc4c4cc(C#N)ccc43)c2Oc2c(-n3c4ccccc4c4cc(C#N)ccc43)cccc21. The lowest BCUT2D eigenvalue weighted by Gasteiger charge is -2.40. The van der Waals surface area contributed by atoms with Crippen LogP contribution in [0.4, 0.5) is 0 Å². The molecular weight excluding hydrogens is 1030 g/mol. The number of pyridine rings is 3. The maximum absolute atomic E-state index is 10.3. The van der Waals surface area contributed by atoms with Gasteiger partial charge in [-0.05, 0) is 109 Å². The molecule has 18 rings (SSSR count). The molecular formula is C73H38N10O. The Morgan fingerprint density at radius 1 is 0.333 bits per heavy atom. The second-order valence-electron chi connectivity index (χ2n) is 21.7. The molecule has 0 saturated heterocycles. The van der Waals surface area contributed by atoms with Crippen molar-refractivity contribution in [3.05, 3.63) is 270 Å². The number of nitriles is 3. The van der Waals surface area contributed by atoms with Crippen LogP contribution in [0, 0.1) is 34.0 Å². The van der Waals surface area contributed by atoms with Crippen molar-refractivity contribution in [2.24, 2.45) is 0 Å². The summed E-state index contributed by atoms with van der Waals surface area (Å²) in [7, 11) is 0. The van der Waals surface area contributed by atoms with Crippen LogP contribution in [0.25, 0.3) is 121 Å². The minimum Gasteiger partial charge on any atom is -0.452 e. The number of fused-ring (bicyclic) bond motifs is 21. The van der Waals surface area contributed by atoms with E-state index in [1.807, 2.05) is 97.6 Å². The maximum Gasteiger partial charge on any atom is 0.156 e. The summed E-state index contributed by atoms with van der Waals surface area (Å²) in [6, 6.07) is 77.9. The summed E-state index contributed by atoms with van der Waals surface area (Å²) >= 11 is 0. The van der Waals surface area contributed by atoms with Gasteiger partial charge >= 0.3 is 0 Å². The number of nitrogens with zero attached hydrogens (tertiary/aromatic N) is 10. The van der Waals surface area contributed by atoms with Crippen molar-refractivity contribution in [1.29, 1.82) is 15.8 Å². The molecule has 16 aromatic rings. The first-order chi connectivity index (χ1) is 41.5. The molecule has 0 bridgehead atoms. The Labute approximate surface area is 477 Å². The minimum atomic E-state index is -1.19. The molecule has 0 radical (unpaired) electrons. The maximum atomic E-state index is 10.3. The summed E-state index contributed by atoms with van der Waals surface area (Å²) in [6.07, 6.45) is 7.69. The van der Waals surface area contributed by atoms with Crippen LogP contribution < -0.4 is 4.74 Å². The van der Waals surface area contributed by atoms with Gasteiger partial charge in [-0.3, -0.25) is 15.0 Å². The number of hydrogen-bond donors (Lipinski definition) is 0. The average Bonchev–Trinajstić information content (AvgIpc) is 1.46. The molecule has 1 aliphatic carbocycles. The number of aromatic nitrogens is 7. The number of rotatable bonds is 4. The fraction of sp³-hybridized carbons (Fsp3) is 0.0137. The Morgan fingerprint density at radius 3 is 1.17 bits per heavy atom. The van der Waals surface area contributed by atoms with Crippen molar-refractivity contribution in [2.45, 2.75) is 5.41 Å². The molecule has 84 heavy (non-hydrogen) atoms. The number of hydrogen-bond acceptors (Lipinski definition) is 7. The zero-order valence-corrected chi connectivity index (χ0v) is 44.3. The smallest absolute Gasteiger partial charge is 0.156 e. The largest absolute Gasteiger partial charge is 0.452 e. The van der Waals surface area contributed by atoms with Crippen molar-refractivity contribution in [3.8, 4) is 63.8 Å². The molecule has 8 heterocycles. The lowest BCUT2D eigenvalue weighted by Crippen LogP contribution is -2.33. The number of ether oxygens (including phenoxy) is 1. The summed E-state index contributed by atoms with van der Waals surface area (Å²) < 4.78 is 17.0. The Morgan fingerprint density at radius 2 is 0.714 bits per heavy atom. The van der Waals surface area contributed by atoms with E-state index in [4.69, 9.17) is 14.7 Å².